The number of hydrogen-bond acceptors (Lipinski definition) is 0. The van der Waals surface area contributed by atoms with E-state index < -0.39 is 0 Å². The van der Waals surface area contributed by atoms with Crippen LogP contribution in [0.25, 0.3) is 0 Å². The summed E-state index contributed by atoms with van der Waals surface area (Å²) >= 11 is 3.81. The Morgan fingerprint density at radius 3 is 2.22 bits per heavy atom. The number of halogens is 1. The molecule has 1 heteroatoms. The maximum atomic E-state index is 3.81. The molecule has 0 N–H and O–H groups in total. The Labute approximate surface area is 123 Å². The molecule has 0 saturated heterocycles. The molecule has 0 atom stereocenters. The van der Waals surface area contributed by atoms with Gasteiger partial charge in [0.05, 0.1) is 0 Å². The summed E-state index contributed by atoms with van der Waals surface area (Å²) in [6.07, 6.45) is 13.0. The van der Waals surface area contributed by atoms with Gasteiger partial charge in [-0.1, -0.05) is 62.9 Å². The molecule has 1 aliphatic rings. The maximum Gasteiger partial charge on any atom is 0.00879 e. The lowest BCUT2D eigenvalue weighted by molar-refractivity contribution is 0.138. The number of hydrogen-bond donors (Lipinski definition) is 0. The predicted octanol–water partition coefficient (Wildman–Crippen LogP) is 6.57. The van der Waals surface area contributed by atoms with Crippen LogP contribution in [0.4, 0.5) is 0 Å². The Bertz CT molecular complexity index is 218. The Morgan fingerprint density at radius 1 is 1.17 bits per heavy atom. The first-order valence-corrected chi connectivity index (χ1v) is 9.09. The van der Waals surface area contributed by atoms with Crippen LogP contribution < -0.4 is 0 Å². The van der Waals surface area contributed by atoms with Crippen molar-refractivity contribution in [3.63, 3.8) is 0 Å². The summed E-state index contributed by atoms with van der Waals surface area (Å²) in [5.74, 6) is 1.03. The third kappa shape index (κ3) is 5.63. The molecule has 1 saturated carbocycles. The SMILES string of the molecule is CCCCC1CCC(CBr)(CCC(C)(C)C)CC1. The van der Waals surface area contributed by atoms with Crippen molar-refractivity contribution in [2.45, 2.75) is 85.5 Å². The van der Waals surface area contributed by atoms with Gasteiger partial charge in [0.1, 0.15) is 0 Å². The maximum absolute atomic E-state index is 3.81. The molecule has 0 radical (unpaired) electrons. The zero-order valence-corrected chi connectivity index (χ0v) is 14.6. The van der Waals surface area contributed by atoms with E-state index in [9.17, 15) is 0 Å². The fourth-order valence-corrected chi connectivity index (χ4v) is 4.00. The molecule has 1 fully saturated rings. The van der Waals surface area contributed by atoms with Crippen LogP contribution in [0.15, 0.2) is 0 Å². The summed E-state index contributed by atoms with van der Waals surface area (Å²) in [5, 5.41) is 1.22. The third-order valence-electron chi connectivity index (χ3n) is 4.82. The van der Waals surface area contributed by atoms with E-state index in [4.69, 9.17) is 0 Å². The molecular weight excluding hydrogens is 284 g/mol. The third-order valence-corrected chi connectivity index (χ3v) is 6.01. The van der Waals surface area contributed by atoms with E-state index in [1.807, 2.05) is 0 Å². The number of alkyl halides is 1. The number of unbranched alkanes of at least 4 members (excludes halogenated alkanes) is 1. The van der Waals surface area contributed by atoms with Gasteiger partial charge in [0.25, 0.3) is 0 Å². The largest absolute Gasteiger partial charge is 0.0922 e. The molecule has 0 amide bonds. The van der Waals surface area contributed by atoms with E-state index in [1.54, 1.807) is 0 Å². The minimum absolute atomic E-state index is 0.494. The van der Waals surface area contributed by atoms with E-state index in [1.165, 1.54) is 63.1 Å². The topological polar surface area (TPSA) is 0 Å². The zero-order chi connectivity index (χ0) is 13.6. The van der Waals surface area contributed by atoms with E-state index >= 15 is 0 Å². The molecule has 0 aromatic heterocycles. The van der Waals surface area contributed by atoms with Crippen molar-refractivity contribution in [3.8, 4) is 0 Å². The van der Waals surface area contributed by atoms with Gasteiger partial charge in [0.2, 0.25) is 0 Å². The first kappa shape index (κ1) is 16.5. The Balaban J connectivity index is 2.39. The zero-order valence-electron chi connectivity index (χ0n) is 13.0. The monoisotopic (exact) mass is 316 g/mol. The molecule has 108 valence electrons. The van der Waals surface area contributed by atoms with Crippen molar-refractivity contribution in [2.24, 2.45) is 16.7 Å². The van der Waals surface area contributed by atoms with Crippen molar-refractivity contribution in [2.75, 3.05) is 5.33 Å². The van der Waals surface area contributed by atoms with Crippen LogP contribution in [0.2, 0.25) is 0 Å². The lowest BCUT2D eigenvalue weighted by atomic mass is 9.67. The van der Waals surface area contributed by atoms with Crippen molar-refractivity contribution in [1.29, 1.82) is 0 Å². The molecule has 0 heterocycles. The summed E-state index contributed by atoms with van der Waals surface area (Å²) in [6.45, 7) is 9.44. The molecule has 0 nitrogen and oxygen atoms in total. The second-order valence-corrected chi connectivity index (χ2v) is 8.34. The van der Waals surface area contributed by atoms with Gasteiger partial charge in [-0.2, -0.15) is 0 Å². The van der Waals surface area contributed by atoms with E-state index in [2.05, 4.69) is 43.6 Å². The first-order valence-electron chi connectivity index (χ1n) is 7.97. The van der Waals surface area contributed by atoms with Gasteiger partial charge in [-0.05, 0) is 55.3 Å². The number of rotatable bonds is 6. The highest BCUT2D eigenvalue weighted by atomic mass is 79.9. The standard InChI is InChI=1S/C17H33Br/c1-5-6-7-15-8-10-17(14-18,11-9-15)13-12-16(2,3)4/h15H,5-14H2,1-4H3. The average Bonchev–Trinajstić information content (AvgIpc) is 2.34. The van der Waals surface area contributed by atoms with Gasteiger partial charge in [0, 0.05) is 5.33 Å². The summed E-state index contributed by atoms with van der Waals surface area (Å²) in [5.41, 5.74) is 1.12. The fraction of sp³-hybridized carbons (Fsp3) is 1.00. The molecule has 0 spiro atoms. The minimum atomic E-state index is 0.494. The van der Waals surface area contributed by atoms with Crippen molar-refractivity contribution in [3.05, 3.63) is 0 Å². The highest BCUT2D eigenvalue weighted by molar-refractivity contribution is 9.09. The molecule has 0 bridgehead atoms. The van der Waals surface area contributed by atoms with Gasteiger partial charge in [-0.15, -0.1) is 0 Å². The van der Waals surface area contributed by atoms with Gasteiger partial charge >= 0.3 is 0 Å². The van der Waals surface area contributed by atoms with E-state index in [0.29, 0.717) is 10.8 Å². The molecule has 0 aliphatic heterocycles. The highest BCUT2D eigenvalue weighted by Gasteiger charge is 2.34. The quantitative estimate of drug-likeness (QED) is 0.486. The van der Waals surface area contributed by atoms with Crippen LogP contribution in [0, 0.1) is 16.7 Å². The van der Waals surface area contributed by atoms with Crippen LogP contribution in [0.1, 0.15) is 85.5 Å². The lowest BCUT2D eigenvalue weighted by Gasteiger charge is -2.40. The van der Waals surface area contributed by atoms with Gasteiger partial charge in [-0.25, -0.2) is 0 Å². The molecule has 0 aromatic carbocycles. The summed E-state index contributed by atoms with van der Waals surface area (Å²) in [4.78, 5) is 0. The molecule has 0 aromatic rings. The Hall–Kier alpha value is 0.480. The van der Waals surface area contributed by atoms with Crippen LogP contribution >= 0.6 is 15.9 Å². The van der Waals surface area contributed by atoms with Crippen LogP contribution in [-0.4, -0.2) is 5.33 Å². The van der Waals surface area contributed by atoms with Crippen molar-refractivity contribution >= 4 is 15.9 Å². The molecule has 0 unspecified atom stereocenters. The molecule has 18 heavy (non-hydrogen) atoms. The minimum Gasteiger partial charge on any atom is -0.0922 e. The van der Waals surface area contributed by atoms with E-state index in [-0.39, 0.29) is 0 Å². The predicted molar refractivity (Wildman–Crippen MR) is 86.4 cm³/mol. The molecule has 1 rings (SSSR count). The molecule has 1 aliphatic carbocycles. The highest BCUT2D eigenvalue weighted by Crippen LogP contribution is 2.46. The summed E-state index contributed by atoms with van der Waals surface area (Å²) in [7, 11) is 0. The summed E-state index contributed by atoms with van der Waals surface area (Å²) in [6, 6.07) is 0. The van der Waals surface area contributed by atoms with E-state index in [0.717, 1.165) is 5.92 Å². The van der Waals surface area contributed by atoms with Gasteiger partial charge < -0.3 is 0 Å². The van der Waals surface area contributed by atoms with Crippen LogP contribution in [-0.2, 0) is 0 Å². The van der Waals surface area contributed by atoms with Gasteiger partial charge in [0.15, 0.2) is 0 Å². The summed E-state index contributed by atoms with van der Waals surface area (Å²) < 4.78 is 0. The van der Waals surface area contributed by atoms with Crippen molar-refractivity contribution in [1.82, 2.24) is 0 Å². The average molecular weight is 317 g/mol. The fourth-order valence-electron chi connectivity index (χ4n) is 3.16. The lowest BCUT2D eigenvalue weighted by Crippen LogP contribution is -2.30. The first-order chi connectivity index (χ1) is 8.41. The Morgan fingerprint density at radius 2 is 1.78 bits per heavy atom. The second-order valence-electron chi connectivity index (χ2n) is 7.78. The van der Waals surface area contributed by atoms with Gasteiger partial charge in [-0.3, -0.25) is 0 Å². The molecular formula is C17H33Br. The van der Waals surface area contributed by atoms with Crippen LogP contribution in [0.3, 0.4) is 0 Å². The smallest absolute Gasteiger partial charge is 0.00879 e. The van der Waals surface area contributed by atoms with Crippen LogP contribution in [0.5, 0.6) is 0 Å². The Kier molecular flexibility index (Phi) is 6.72. The van der Waals surface area contributed by atoms with Crippen molar-refractivity contribution < 1.29 is 0 Å². The normalized spacial score (nSPS) is 29.5. The second kappa shape index (κ2) is 7.31.